The van der Waals surface area contributed by atoms with Crippen molar-refractivity contribution < 1.29 is 22.7 Å². The highest BCUT2D eigenvalue weighted by Gasteiger charge is 2.24. The summed E-state index contributed by atoms with van der Waals surface area (Å²) in [6.07, 6.45) is 0. The molecule has 1 fully saturated rings. The van der Waals surface area contributed by atoms with Crippen molar-refractivity contribution in [2.45, 2.75) is 4.90 Å². The van der Waals surface area contributed by atoms with Gasteiger partial charge in [0.2, 0.25) is 10.0 Å². The third kappa shape index (κ3) is 5.61. The van der Waals surface area contributed by atoms with Crippen LogP contribution in [0.2, 0.25) is 0 Å². The van der Waals surface area contributed by atoms with Gasteiger partial charge in [0.1, 0.15) is 5.69 Å². The minimum absolute atomic E-state index is 0.0801. The molecule has 0 unspecified atom stereocenters. The molecule has 0 atom stereocenters. The van der Waals surface area contributed by atoms with E-state index in [-0.39, 0.29) is 27.2 Å². The summed E-state index contributed by atoms with van der Waals surface area (Å²) in [5.41, 5.74) is 0.530. The van der Waals surface area contributed by atoms with Crippen LogP contribution >= 0.6 is 11.3 Å². The highest BCUT2D eigenvalue weighted by molar-refractivity contribution is 7.89. The third-order valence-corrected chi connectivity index (χ3v) is 6.35. The maximum atomic E-state index is 12.7. The fourth-order valence-electron chi connectivity index (χ4n) is 2.95. The molecule has 1 aliphatic heterocycles. The van der Waals surface area contributed by atoms with Gasteiger partial charge in [-0.1, -0.05) is 0 Å². The van der Waals surface area contributed by atoms with E-state index in [9.17, 15) is 18.0 Å². The molecule has 1 saturated heterocycles. The molecule has 2 heterocycles. The van der Waals surface area contributed by atoms with E-state index < -0.39 is 15.9 Å². The van der Waals surface area contributed by atoms with Crippen molar-refractivity contribution in [2.24, 2.45) is 5.14 Å². The second kappa shape index (κ2) is 9.62. The Kier molecular flexibility index (Phi) is 7.15. The molecule has 0 saturated carbocycles. The number of carbonyl (C=O) groups excluding carboxylic acids is 2. The highest BCUT2D eigenvalue weighted by Crippen LogP contribution is 2.19. The SMILES string of the molecule is COCCN1CCN(C(=O)c2csc(NC(=O)c3ccc(S(N)(=O)=O)cc3)n2)CC1. The number of aromatic nitrogens is 1. The van der Waals surface area contributed by atoms with Gasteiger partial charge in [0.25, 0.3) is 11.8 Å². The Morgan fingerprint density at radius 3 is 2.47 bits per heavy atom. The van der Waals surface area contributed by atoms with Crippen molar-refractivity contribution in [1.29, 1.82) is 0 Å². The van der Waals surface area contributed by atoms with Gasteiger partial charge in [-0.3, -0.25) is 19.8 Å². The molecule has 0 bridgehead atoms. The van der Waals surface area contributed by atoms with E-state index in [1.165, 1.54) is 24.3 Å². The van der Waals surface area contributed by atoms with Crippen LogP contribution in [0.4, 0.5) is 5.13 Å². The Hall–Kier alpha value is -2.38. The lowest BCUT2D eigenvalue weighted by molar-refractivity contribution is 0.0589. The molecule has 162 valence electrons. The number of benzene rings is 1. The number of anilines is 1. The van der Waals surface area contributed by atoms with Crippen molar-refractivity contribution in [3.8, 4) is 0 Å². The predicted molar refractivity (Wildman–Crippen MR) is 112 cm³/mol. The molecular weight excluding hydrogens is 430 g/mol. The van der Waals surface area contributed by atoms with E-state index in [2.05, 4.69) is 15.2 Å². The maximum Gasteiger partial charge on any atom is 0.273 e. The molecule has 1 aromatic heterocycles. The molecule has 0 radical (unpaired) electrons. The van der Waals surface area contributed by atoms with Crippen LogP contribution in [0.25, 0.3) is 0 Å². The Morgan fingerprint density at radius 1 is 1.20 bits per heavy atom. The smallest absolute Gasteiger partial charge is 0.273 e. The van der Waals surface area contributed by atoms with Crippen molar-refractivity contribution in [3.63, 3.8) is 0 Å². The molecular formula is C18H23N5O5S2. The van der Waals surface area contributed by atoms with Crippen molar-refractivity contribution in [2.75, 3.05) is 51.8 Å². The van der Waals surface area contributed by atoms with E-state index >= 15 is 0 Å². The zero-order chi connectivity index (χ0) is 21.7. The van der Waals surface area contributed by atoms with Crippen molar-refractivity contribution in [3.05, 3.63) is 40.9 Å². The van der Waals surface area contributed by atoms with Gasteiger partial charge in [-0.2, -0.15) is 0 Å². The first-order chi connectivity index (χ1) is 14.3. The standard InChI is InChI=1S/C18H23N5O5S2/c1-28-11-10-22-6-8-23(9-7-22)17(25)15-12-29-18(20-15)21-16(24)13-2-4-14(5-3-13)30(19,26)27/h2-5,12H,6-11H2,1H3,(H2,19,26,27)(H,20,21,24). The number of amides is 2. The number of nitrogens with one attached hydrogen (secondary N) is 1. The average Bonchev–Trinajstić information content (AvgIpc) is 3.20. The first-order valence-electron chi connectivity index (χ1n) is 9.18. The van der Waals surface area contributed by atoms with Gasteiger partial charge in [-0.15, -0.1) is 11.3 Å². The number of sulfonamides is 1. The summed E-state index contributed by atoms with van der Waals surface area (Å²) < 4.78 is 27.7. The number of methoxy groups -OCH3 is 1. The number of primary sulfonamides is 1. The normalized spacial score (nSPS) is 15.2. The third-order valence-electron chi connectivity index (χ3n) is 4.66. The quantitative estimate of drug-likeness (QED) is 0.621. The van der Waals surface area contributed by atoms with Gasteiger partial charge in [0.15, 0.2) is 5.13 Å². The monoisotopic (exact) mass is 453 g/mol. The summed E-state index contributed by atoms with van der Waals surface area (Å²) in [6.45, 7) is 4.27. The number of hydrogen-bond donors (Lipinski definition) is 2. The Morgan fingerprint density at radius 2 is 1.87 bits per heavy atom. The topological polar surface area (TPSA) is 135 Å². The summed E-state index contributed by atoms with van der Waals surface area (Å²) in [5.74, 6) is -0.633. The number of rotatable bonds is 7. The second-order valence-corrected chi connectivity index (χ2v) is 9.11. The van der Waals surface area contributed by atoms with E-state index in [0.29, 0.717) is 19.7 Å². The first kappa shape index (κ1) is 22.3. The van der Waals surface area contributed by atoms with Gasteiger partial charge < -0.3 is 9.64 Å². The van der Waals surface area contributed by atoms with E-state index in [4.69, 9.17) is 9.88 Å². The predicted octanol–water partition coefficient (Wildman–Crippen LogP) is 0.447. The van der Waals surface area contributed by atoms with Gasteiger partial charge >= 0.3 is 0 Å². The molecule has 1 aromatic carbocycles. The fourth-order valence-corrected chi connectivity index (χ4v) is 4.15. The van der Waals surface area contributed by atoms with Crippen LogP contribution in [-0.4, -0.2) is 81.5 Å². The Balaban J connectivity index is 1.57. The maximum absolute atomic E-state index is 12.7. The molecule has 1 aliphatic rings. The van der Waals surface area contributed by atoms with Gasteiger partial charge in [0.05, 0.1) is 11.5 Å². The zero-order valence-corrected chi connectivity index (χ0v) is 18.0. The van der Waals surface area contributed by atoms with Crippen LogP contribution in [0.15, 0.2) is 34.5 Å². The Bertz CT molecular complexity index is 998. The number of nitrogens with two attached hydrogens (primary N) is 1. The van der Waals surface area contributed by atoms with Crippen LogP contribution in [0.5, 0.6) is 0 Å². The second-order valence-electron chi connectivity index (χ2n) is 6.69. The molecule has 2 aromatic rings. The number of carbonyl (C=O) groups is 2. The summed E-state index contributed by atoms with van der Waals surface area (Å²) in [5, 5.41) is 9.57. The van der Waals surface area contributed by atoms with Crippen molar-refractivity contribution >= 4 is 38.3 Å². The van der Waals surface area contributed by atoms with E-state index in [1.807, 2.05) is 0 Å². The van der Waals surface area contributed by atoms with Gasteiger partial charge in [-0.05, 0) is 24.3 Å². The molecule has 10 nitrogen and oxygen atoms in total. The van der Waals surface area contributed by atoms with Gasteiger partial charge in [-0.25, -0.2) is 18.5 Å². The first-order valence-corrected chi connectivity index (χ1v) is 11.6. The van der Waals surface area contributed by atoms with Crippen LogP contribution in [0, 0.1) is 0 Å². The fraction of sp³-hybridized carbons (Fsp3) is 0.389. The molecule has 2 amide bonds. The van der Waals surface area contributed by atoms with Crippen molar-refractivity contribution in [1.82, 2.24) is 14.8 Å². The summed E-state index contributed by atoms with van der Waals surface area (Å²) in [7, 11) is -2.16. The number of nitrogens with zero attached hydrogens (tertiary/aromatic N) is 3. The molecule has 30 heavy (non-hydrogen) atoms. The number of ether oxygens (including phenoxy) is 1. The lowest BCUT2D eigenvalue weighted by Crippen LogP contribution is -2.49. The minimum atomic E-state index is -3.82. The molecule has 3 rings (SSSR count). The molecule has 3 N–H and O–H groups in total. The molecule has 12 heteroatoms. The largest absolute Gasteiger partial charge is 0.383 e. The minimum Gasteiger partial charge on any atom is -0.383 e. The highest BCUT2D eigenvalue weighted by atomic mass is 32.2. The lowest BCUT2D eigenvalue weighted by Gasteiger charge is -2.34. The van der Waals surface area contributed by atoms with Gasteiger partial charge in [0, 0.05) is 50.8 Å². The number of hydrogen-bond acceptors (Lipinski definition) is 8. The van der Waals surface area contributed by atoms with E-state index in [0.717, 1.165) is 31.0 Å². The lowest BCUT2D eigenvalue weighted by atomic mass is 10.2. The number of thiazole rings is 1. The van der Waals surface area contributed by atoms with Crippen LogP contribution in [-0.2, 0) is 14.8 Å². The summed E-state index contributed by atoms with van der Waals surface area (Å²) in [4.78, 5) is 33.1. The van der Waals surface area contributed by atoms with Crippen LogP contribution in [0.3, 0.4) is 0 Å². The summed E-state index contributed by atoms with van der Waals surface area (Å²) >= 11 is 1.15. The van der Waals surface area contributed by atoms with Crippen LogP contribution < -0.4 is 10.5 Å². The zero-order valence-electron chi connectivity index (χ0n) is 16.4. The molecule has 0 aliphatic carbocycles. The van der Waals surface area contributed by atoms with Crippen LogP contribution in [0.1, 0.15) is 20.8 Å². The number of piperazine rings is 1. The Labute approximate surface area is 178 Å². The average molecular weight is 454 g/mol. The van der Waals surface area contributed by atoms with E-state index in [1.54, 1.807) is 17.4 Å². The molecule has 0 spiro atoms. The summed E-state index contributed by atoms with van der Waals surface area (Å²) in [6, 6.07) is 5.23.